The van der Waals surface area contributed by atoms with Crippen molar-refractivity contribution in [1.29, 1.82) is 0 Å². The van der Waals surface area contributed by atoms with E-state index in [1.807, 2.05) is 0 Å². The van der Waals surface area contributed by atoms with E-state index in [4.69, 9.17) is 28.9 Å². The largest absolute Gasteiger partial charge is 0.507 e. The molecule has 0 saturated heterocycles. The summed E-state index contributed by atoms with van der Waals surface area (Å²) in [6, 6.07) is -0.291. The summed E-state index contributed by atoms with van der Waals surface area (Å²) < 4.78 is 36.8. The number of benzene rings is 1. The summed E-state index contributed by atoms with van der Waals surface area (Å²) in [6.07, 6.45) is -4.67. The van der Waals surface area contributed by atoms with Crippen LogP contribution in [0, 0.1) is 0 Å². The molecule has 0 unspecified atom stereocenters. The van der Waals surface area contributed by atoms with Crippen LogP contribution < -0.4 is 5.73 Å². The van der Waals surface area contributed by atoms with Gasteiger partial charge in [0.05, 0.1) is 5.02 Å². The second-order valence-corrected chi connectivity index (χ2v) is 3.68. The van der Waals surface area contributed by atoms with Gasteiger partial charge in [0.2, 0.25) is 0 Å². The fraction of sp³-hybridized carbons (Fsp3) is 0.250. The fourth-order valence-corrected chi connectivity index (χ4v) is 1.64. The van der Waals surface area contributed by atoms with Crippen LogP contribution in [-0.4, -0.2) is 11.3 Å². The fourth-order valence-electron chi connectivity index (χ4n) is 1.04. The molecule has 0 aromatic heterocycles. The predicted molar refractivity (Wildman–Crippen MR) is 51.1 cm³/mol. The SMILES string of the molecule is N[C@@H](c1c(O)cc(Cl)cc1Cl)C(F)(F)F. The Balaban J connectivity index is 3.26. The van der Waals surface area contributed by atoms with Gasteiger partial charge in [-0.1, -0.05) is 23.2 Å². The molecule has 0 aliphatic rings. The maximum atomic E-state index is 12.3. The molecule has 3 N–H and O–H groups in total. The minimum atomic E-state index is -4.67. The third kappa shape index (κ3) is 2.68. The number of alkyl halides is 3. The summed E-state index contributed by atoms with van der Waals surface area (Å²) in [5, 5.41) is 8.98. The first kappa shape index (κ1) is 12.4. The molecule has 0 amide bonds. The van der Waals surface area contributed by atoms with Gasteiger partial charge >= 0.3 is 6.18 Å². The van der Waals surface area contributed by atoms with E-state index in [9.17, 15) is 18.3 Å². The highest BCUT2D eigenvalue weighted by Gasteiger charge is 2.40. The predicted octanol–water partition coefficient (Wildman–Crippen LogP) is 3.26. The molecule has 7 heteroatoms. The summed E-state index contributed by atoms with van der Waals surface area (Å²) in [5.74, 6) is -0.669. The minimum absolute atomic E-state index is 0.0376. The van der Waals surface area contributed by atoms with E-state index in [1.54, 1.807) is 0 Å². The molecule has 0 spiro atoms. The topological polar surface area (TPSA) is 46.2 Å². The van der Waals surface area contributed by atoms with Gasteiger partial charge in [-0.3, -0.25) is 0 Å². The maximum Gasteiger partial charge on any atom is 0.407 e. The number of hydrogen-bond donors (Lipinski definition) is 2. The van der Waals surface area contributed by atoms with Crippen LogP contribution in [0.15, 0.2) is 12.1 Å². The monoisotopic (exact) mass is 259 g/mol. The number of hydrogen-bond acceptors (Lipinski definition) is 2. The summed E-state index contributed by atoms with van der Waals surface area (Å²) in [6.45, 7) is 0. The van der Waals surface area contributed by atoms with Crippen LogP contribution >= 0.6 is 23.2 Å². The van der Waals surface area contributed by atoms with Crippen LogP contribution in [0.3, 0.4) is 0 Å². The molecule has 15 heavy (non-hydrogen) atoms. The second-order valence-electron chi connectivity index (χ2n) is 2.84. The zero-order valence-electron chi connectivity index (χ0n) is 7.15. The van der Waals surface area contributed by atoms with E-state index < -0.39 is 23.5 Å². The Morgan fingerprint density at radius 2 is 1.80 bits per heavy atom. The first-order valence-electron chi connectivity index (χ1n) is 3.73. The highest BCUT2D eigenvalue weighted by Crippen LogP contribution is 2.40. The normalized spacial score (nSPS) is 14.0. The average Bonchev–Trinajstić information content (AvgIpc) is 1.99. The Bertz CT molecular complexity index is 358. The highest BCUT2D eigenvalue weighted by molar-refractivity contribution is 6.35. The molecule has 0 heterocycles. The Kier molecular flexibility index (Phi) is 3.38. The van der Waals surface area contributed by atoms with Crippen LogP contribution in [0.2, 0.25) is 10.0 Å². The van der Waals surface area contributed by atoms with E-state index in [-0.39, 0.29) is 10.0 Å². The van der Waals surface area contributed by atoms with Crippen LogP contribution in [0.1, 0.15) is 11.6 Å². The summed E-state index contributed by atoms with van der Waals surface area (Å²) in [7, 11) is 0. The summed E-state index contributed by atoms with van der Waals surface area (Å²) in [5.41, 5.74) is 4.34. The number of aromatic hydroxyl groups is 1. The third-order valence-electron chi connectivity index (χ3n) is 1.74. The smallest absolute Gasteiger partial charge is 0.407 e. The van der Waals surface area contributed by atoms with Gasteiger partial charge in [0.25, 0.3) is 0 Å². The van der Waals surface area contributed by atoms with Crippen molar-refractivity contribution in [2.75, 3.05) is 0 Å². The number of nitrogens with two attached hydrogens (primary N) is 1. The molecule has 0 radical (unpaired) electrons. The lowest BCUT2D eigenvalue weighted by Crippen LogP contribution is -2.28. The quantitative estimate of drug-likeness (QED) is 0.813. The van der Waals surface area contributed by atoms with Crippen molar-refractivity contribution in [3.8, 4) is 5.75 Å². The molecule has 1 atom stereocenters. The molecule has 1 aromatic rings. The summed E-state index contributed by atoms with van der Waals surface area (Å²) >= 11 is 11.0. The van der Waals surface area contributed by atoms with Crippen molar-refractivity contribution in [1.82, 2.24) is 0 Å². The van der Waals surface area contributed by atoms with Crippen molar-refractivity contribution < 1.29 is 18.3 Å². The van der Waals surface area contributed by atoms with Gasteiger partial charge < -0.3 is 10.8 Å². The van der Waals surface area contributed by atoms with Crippen molar-refractivity contribution in [2.24, 2.45) is 5.73 Å². The van der Waals surface area contributed by atoms with Gasteiger partial charge in [-0.25, -0.2) is 0 Å². The molecule has 0 aliphatic heterocycles. The van der Waals surface area contributed by atoms with Gasteiger partial charge in [-0.15, -0.1) is 0 Å². The van der Waals surface area contributed by atoms with Gasteiger partial charge in [0.15, 0.2) is 0 Å². The Hall–Kier alpha value is -0.650. The van der Waals surface area contributed by atoms with Gasteiger partial charge in [0.1, 0.15) is 11.8 Å². The molecular weight excluding hydrogens is 254 g/mol. The molecule has 0 bridgehead atoms. The number of phenols is 1. The van der Waals surface area contributed by atoms with Crippen LogP contribution in [0.5, 0.6) is 5.75 Å². The number of phenolic OH excluding ortho intramolecular Hbond substituents is 1. The van der Waals surface area contributed by atoms with Crippen LogP contribution in [0.4, 0.5) is 13.2 Å². The molecule has 0 fully saturated rings. The molecule has 1 aromatic carbocycles. The van der Waals surface area contributed by atoms with E-state index in [1.165, 1.54) is 0 Å². The lowest BCUT2D eigenvalue weighted by molar-refractivity contribution is -0.149. The van der Waals surface area contributed by atoms with Crippen molar-refractivity contribution in [3.63, 3.8) is 0 Å². The standard InChI is InChI=1S/C8H6Cl2F3NO/c9-3-1-4(10)6(5(15)2-3)7(14)8(11,12)13/h1-2,7,15H,14H2/t7-/m0/s1. The molecule has 0 saturated carbocycles. The third-order valence-corrected chi connectivity index (χ3v) is 2.27. The Labute approximate surface area is 93.4 Å². The zero-order valence-corrected chi connectivity index (χ0v) is 8.66. The van der Waals surface area contributed by atoms with Crippen molar-refractivity contribution >= 4 is 23.2 Å². The van der Waals surface area contributed by atoms with Gasteiger partial charge in [-0.05, 0) is 12.1 Å². The second kappa shape index (κ2) is 4.08. The summed E-state index contributed by atoms with van der Waals surface area (Å²) in [4.78, 5) is 0. The van der Waals surface area contributed by atoms with Crippen molar-refractivity contribution in [2.45, 2.75) is 12.2 Å². The lowest BCUT2D eigenvalue weighted by Gasteiger charge is -2.18. The Morgan fingerprint density at radius 3 is 2.20 bits per heavy atom. The van der Waals surface area contributed by atoms with Gasteiger partial charge in [-0.2, -0.15) is 13.2 Å². The molecule has 2 nitrogen and oxygen atoms in total. The number of rotatable bonds is 1. The van der Waals surface area contributed by atoms with E-state index in [2.05, 4.69) is 0 Å². The average molecular weight is 260 g/mol. The molecule has 1 rings (SSSR count). The van der Waals surface area contributed by atoms with Gasteiger partial charge in [0, 0.05) is 10.6 Å². The highest BCUT2D eigenvalue weighted by atomic mass is 35.5. The first-order valence-corrected chi connectivity index (χ1v) is 4.49. The van der Waals surface area contributed by atoms with Crippen LogP contribution in [-0.2, 0) is 0 Å². The van der Waals surface area contributed by atoms with Crippen LogP contribution in [0.25, 0.3) is 0 Å². The molecule has 84 valence electrons. The van der Waals surface area contributed by atoms with E-state index in [0.29, 0.717) is 0 Å². The first-order chi connectivity index (χ1) is 6.73. The van der Waals surface area contributed by atoms with E-state index in [0.717, 1.165) is 12.1 Å². The zero-order chi connectivity index (χ0) is 11.8. The van der Waals surface area contributed by atoms with Crippen molar-refractivity contribution in [3.05, 3.63) is 27.7 Å². The lowest BCUT2D eigenvalue weighted by atomic mass is 10.1. The molecular formula is C8H6Cl2F3NO. The number of halogens is 5. The Morgan fingerprint density at radius 1 is 1.27 bits per heavy atom. The van der Waals surface area contributed by atoms with E-state index >= 15 is 0 Å². The minimum Gasteiger partial charge on any atom is -0.507 e. The maximum absolute atomic E-state index is 12.3. The molecule has 0 aliphatic carbocycles.